The predicted octanol–water partition coefficient (Wildman–Crippen LogP) is 4.90. The summed E-state index contributed by atoms with van der Waals surface area (Å²) in [6, 6.07) is 11.5. The highest BCUT2D eigenvalue weighted by molar-refractivity contribution is 9.10. The highest BCUT2D eigenvalue weighted by Crippen LogP contribution is 2.27. The lowest BCUT2D eigenvalue weighted by Crippen LogP contribution is -2.11. The van der Waals surface area contributed by atoms with Crippen molar-refractivity contribution in [1.82, 2.24) is 0 Å². The topological polar surface area (TPSA) is 42.2 Å². The van der Waals surface area contributed by atoms with Crippen molar-refractivity contribution in [3.8, 4) is 0 Å². The summed E-state index contributed by atoms with van der Waals surface area (Å²) < 4.78 is 19.4. The number of benzene rings is 2. The minimum absolute atomic E-state index is 0.209. The molecule has 0 atom stereocenters. The molecule has 1 heterocycles. The van der Waals surface area contributed by atoms with Gasteiger partial charge in [0.05, 0.1) is 4.47 Å². The molecule has 5 heteroatoms. The van der Waals surface area contributed by atoms with E-state index < -0.39 is 0 Å². The molecule has 0 aliphatic rings. The van der Waals surface area contributed by atoms with Gasteiger partial charge in [-0.1, -0.05) is 12.1 Å². The van der Waals surface area contributed by atoms with Crippen LogP contribution in [0.15, 0.2) is 51.4 Å². The third-order valence-corrected chi connectivity index (χ3v) is 3.78. The van der Waals surface area contributed by atoms with Gasteiger partial charge in [-0.15, -0.1) is 0 Å². The van der Waals surface area contributed by atoms with Crippen molar-refractivity contribution in [1.29, 1.82) is 0 Å². The first kappa shape index (κ1) is 13.8. The van der Waals surface area contributed by atoms with Gasteiger partial charge in [-0.05, 0) is 58.7 Å². The molecule has 0 radical (unpaired) electrons. The Morgan fingerprint density at radius 2 is 2.05 bits per heavy atom. The molecule has 1 N–H and O–H groups in total. The first-order chi connectivity index (χ1) is 10.0. The molecule has 3 nitrogen and oxygen atoms in total. The average Bonchev–Trinajstić information content (AvgIpc) is 2.87. The van der Waals surface area contributed by atoms with Crippen molar-refractivity contribution in [2.24, 2.45) is 0 Å². The maximum Gasteiger partial charge on any atom is 0.291 e. The average molecular weight is 348 g/mol. The number of nitrogens with one attached hydrogen (secondary N) is 1. The largest absolute Gasteiger partial charge is 0.450 e. The van der Waals surface area contributed by atoms with Gasteiger partial charge in [0, 0.05) is 11.1 Å². The molecular formula is C16H11BrFNO2. The number of anilines is 1. The summed E-state index contributed by atoms with van der Waals surface area (Å²) in [4.78, 5) is 12.2. The Kier molecular flexibility index (Phi) is 3.51. The van der Waals surface area contributed by atoms with Gasteiger partial charge in [0.2, 0.25) is 0 Å². The molecule has 1 aromatic heterocycles. The minimum Gasteiger partial charge on any atom is -0.450 e. The minimum atomic E-state index is -0.368. The number of hydrogen-bond donors (Lipinski definition) is 1. The van der Waals surface area contributed by atoms with Gasteiger partial charge >= 0.3 is 0 Å². The molecule has 0 unspecified atom stereocenters. The van der Waals surface area contributed by atoms with Crippen molar-refractivity contribution >= 4 is 38.5 Å². The van der Waals surface area contributed by atoms with E-state index >= 15 is 0 Å². The van der Waals surface area contributed by atoms with Gasteiger partial charge in [0.1, 0.15) is 11.4 Å². The van der Waals surface area contributed by atoms with E-state index in [2.05, 4.69) is 21.2 Å². The molecule has 1 amide bonds. The Hall–Kier alpha value is -2.14. The SMILES string of the molecule is Cc1cc(F)ccc1NC(=O)c1cc2cccc(Br)c2o1. The summed E-state index contributed by atoms with van der Waals surface area (Å²) in [5.74, 6) is -0.494. The van der Waals surface area contributed by atoms with Gasteiger partial charge in [0.15, 0.2) is 5.76 Å². The first-order valence-electron chi connectivity index (χ1n) is 6.30. The number of aryl methyl sites for hydroxylation is 1. The highest BCUT2D eigenvalue weighted by Gasteiger charge is 2.14. The van der Waals surface area contributed by atoms with Crippen LogP contribution in [0.2, 0.25) is 0 Å². The number of hydrogen-bond acceptors (Lipinski definition) is 2. The first-order valence-corrected chi connectivity index (χ1v) is 7.09. The number of carbonyl (C=O) groups excluding carboxylic acids is 1. The summed E-state index contributed by atoms with van der Waals surface area (Å²) in [5, 5.41) is 3.56. The summed E-state index contributed by atoms with van der Waals surface area (Å²) >= 11 is 3.38. The van der Waals surface area contributed by atoms with E-state index in [4.69, 9.17) is 4.42 Å². The van der Waals surface area contributed by atoms with E-state index in [0.29, 0.717) is 16.8 Å². The van der Waals surface area contributed by atoms with E-state index in [1.165, 1.54) is 18.2 Å². The highest BCUT2D eigenvalue weighted by atomic mass is 79.9. The monoisotopic (exact) mass is 347 g/mol. The van der Waals surface area contributed by atoms with Gasteiger partial charge in [-0.2, -0.15) is 0 Å². The Balaban J connectivity index is 1.92. The summed E-state index contributed by atoms with van der Waals surface area (Å²) in [5.41, 5.74) is 1.83. The zero-order valence-electron chi connectivity index (χ0n) is 11.1. The zero-order valence-corrected chi connectivity index (χ0v) is 12.7. The van der Waals surface area contributed by atoms with Crippen molar-refractivity contribution < 1.29 is 13.6 Å². The normalized spacial score (nSPS) is 10.8. The van der Waals surface area contributed by atoms with Crippen LogP contribution in [0.5, 0.6) is 0 Å². The fourth-order valence-corrected chi connectivity index (χ4v) is 2.55. The van der Waals surface area contributed by atoms with E-state index in [9.17, 15) is 9.18 Å². The lowest BCUT2D eigenvalue weighted by atomic mass is 10.2. The predicted molar refractivity (Wildman–Crippen MR) is 83.0 cm³/mol. The standard InChI is InChI=1S/C16H11BrFNO2/c1-9-7-11(18)5-6-13(9)19-16(20)14-8-10-3-2-4-12(17)15(10)21-14/h2-8H,1H3,(H,19,20). The number of rotatable bonds is 2. The lowest BCUT2D eigenvalue weighted by molar-refractivity contribution is 0.0998. The molecule has 106 valence electrons. The summed E-state index contributed by atoms with van der Waals surface area (Å²) in [6.45, 7) is 1.73. The van der Waals surface area contributed by atoms with Crippen LogP contribution in [0, 0.1) is 12.7 Å². The van der Waals surface area contributed by atoms with Crippen LogP contribution in [0.4, 0.5) is 10.1 Å². The molecule has 3 rings (SSSR count). The molecular weight excluding hydrogens is 337 g/mol. The molecule has 0 fully saturated rings. The Bertz CT molecular complexity index is 841. The Labute approximate surface area is 128 Å². The van der Waals surface area contributed by atoms with Gasteiger partial charge in [-0.3, -0.25) is 4.79 Å². The smallest absolute Gasteiger partial charge is 0.291 e. The maximum atomic E-state index is 13.1. The molecule has 2 aromatic carbocycles. The number of amides is 1. The quantitative estimate of drug-likeness (QED) is 0.716. The maximum absolute atomic E-state index is 13.1. The number of para-hydroxylation sites is 1. The summed E-state index contributed by atoms with van der Waals surface area (Å²) in [7, 11) is 0. The van der Waals surface area contributed by atoms with Crippen LogP contribution in [-0.2, 0) is 0 Å². The van der Waals surface area contributed by atoms with E-state index in [-0.39, 0.29) is 17.5 Å². The van der Waals surface area contributed by atoms with Gasteiger partial charge in [0.25, 0.3) is 5.91 Å². The number of fused-ring (bicyclic) bond motifs is 1. The van der Waals surface area contributed by atoms with Crippen molar-refractivity contribution in [3.05, 3.63) is 64.1 Å². The van der Waals surface area contributed by atoms with Crippen LogP contribution in [0.3, 0.4) is 0 Å². The molecule has 0 saturated carbocycles. The molecule has 3 aromatic rings. The number of carbonyl (C=O) groups is 1. The van der Waals surface area contributed by atoms with Crippen LogP contribution < -0.4 is 5.32 Å². The van der Waals surface area contributed by atoms with E-state index in [1.807, 2.05) is 18.2 Å². The molecule has 0 aliphatic heterocycles. The van der Waals surface area contributed by atoms with Crippen molar-refractivity contribution in [2.75, 3.05) is 5.32 Å². The summed E-state index contributed by atoms with van der Waals surface area (Å²) in [6.07, 6.45) is 0. The molecule has 0 aliphatic carbocycles. The van der Waals surface area contributed by atoms with Crippen molar-refractivity contribution in [2.45, 2.75) is 6.92 Å². The molecule has 0 spiro atoms. The van der Waals surface area contributed by atoms with Crippen LogP contribution >= 0.6 is 15.9 Å². The van der Waals surface area contributed by atoms with Gasteiger partial charge < -0.3 is 9.73 Å². The second kappa shape index (κ2) is 5.33. The third kappa shape index (κ3) is 2.69. The lowest BCUT2D eigenvalue weighted by Gasteiger charge is -2.06. The molecule has 21 heavy (non-hydrogen) atoms. The van der Waals surface area contributed by atoms with Gasteiger partial charge in [-0.25, -0.2) is 4.39 Å². The molecule has 0 bridgehead atoms. The molecule has 0 saturated heterocycles. The third-order valence-electron chi connectivity index (χ3n) is 3.16. The van der Waals surface area contributed by atoms with Crippen molar-refractivity contribution in [3.63, 3.8) is 0 Å². The zero-order chi connectivity index (χ0) is 15.0. The fraction of sp³-hybridized carbons (Fsp3) is 0.0625. The Morgan fingerprint density at radius 3 is 2.76 bits per heavy atom. The fourth-order valence-electron chi connectivity index (χ4n) is 2.09. The second-order valence-electron chi connectivity index (χ2n) is 4.68. The van der Waals surface area contributed by atoms with E-state index in [0.717, 1.165) is 9.86 Å². The number of furan rings is 1. The second-order valence-corrected chi connectivity index (χ2v) is 5.54. The van der Waals surface area contributed by atoms with Crippen LogP contribution in [0.25, 0.3) is 11.0 Å². The Morgan fingerprint density at radius 1 is 1.24 bits per heavy atom. The van der Waals surface area contributed by atoms with Crippen LogP contribution in [0.1, 0.15) is 16.1 Å². The van der Waals surface area contributed by atoms with Crippen LogP contribution in [-0.4, -0.2) is 5.91 Å². The number of halogens is 2. The van der Waals surface area contributed by atoms with E-state index in [1.54, 1.807) is 13.0 Å².